The van der Waals surface area contributed by atoms with Gasteiger partial charge in [0.25, 0.3) is 0 Å². The third-order valence-electron chi connectivity index (χ3n) is 3.17. The van der Waals surface area contributed by atoms with Crippen LogP contribution >= 0.6 is 0 Å². The molecule has 0 fully saturated rings. The van der Waals surface area contributed by atoms with Gasteiger partial charge in [0.05, 0.1) is 0 Å². The van der Waals surface area contributed by atoms with Gasteiger partial charge in [-0.1, -0.05) is 48.5 Å². The highest BCUT2D eigenvalue weighted by Gasteiger charge is 2.08. The van der Waals surface area contributed by atoms with E-state index in [1.807, 2.05) is 48.5 Å². The summed E-state index contributed by atoms with van der Waals surface area (Å²) in [5.41, 5.74) is 7.94. The van der Waals surface area contributed by atoms with Crippen molar-refractivity contribution in [1.82, 2.24) is 14.8 Å². The molecule has 1 heterocycles. The molecular formula is C16H17N5. The molecule has 106 valence electrons. The Bertz CT molecular complexity index is 691. The largest absolute Gasteiger partial charge is 0.366 e. The van der Waals surface area contributed by atoms with Crippen LogP contribution < -0.4 is 11.1 Å². The minimum atomic E-state index is 0.279. The average Bonchev–Trinajstić information content (AvgIpc) is 2.87. The SMILES string of the molecule is Nc1nc(Nc2ccccc2)n(CCc2ccccc2)n1. The molecule has 1 aromatic heterocycles. The van der Waals surface area contributed by atoms with Crippen LogP contribution in [0.25, 0.3) is 0 Å². The van der Waals surface area contributed by atoms with Gasteiger partial charge >= 0.3 is 0 Å². The van der Waals surface area contributed by atoms with E-state index in [1.165, 1.54) is 5.56 Å². The number of benzene rings is 2. The first-order valence-corrected chi connectivity index (χ1v) is 6.87. The van der Waals surface area contributed by atoms with Crippen LogP contribution in [-0.4, -0.2) is 14.8 Å². The summed E-state index contributed by atoms with van der Waals surface area (Å²) in [4.78, 5) is 4.24. The van der Waals surface area contributed by atoms with Gasteiger partial charge in [-0.2, -0.15) is 4.98 Å². The lowest BCUT2D eigenvalue weighted by Gasteiger charge is -2.08. The van der Waals surface area contributed by atoms with Crippen molar-refractivity contribution in [2.45, 2.75) is 13.0 Å². The van der Waals surface area contributed by atoms with Crippen LogP contribution in [0.3, 0.4) is 0 Å². The molecule has 0 atom stereocenters. The number of aryl methyl sites for hydroxylation is 2. The highest BCUT2D eigenvalue weighted by Crippen LogP contribution is 2.15. The number of hydrogen-bond donors (Lipinski definition) is 2. The lowest BCUT2D eigenvalue weighted by atomic mass is 10.1. The van der Waals surface area contributed by atoms with Gasteiger partial charge in [0.2, 0.25) is 11.9 Å². The second-order valence-electron chi connectivity index (χ2n) is 4.74. The molecule has 5 heteroatoms. The summed E-state index contributed by atoms with van der Waals surface area (Å²) in [6.45, 7) is 0.726. The van der Waals surface area contributed by atoms with E-state index >= 15 is 0 Å². The average molecular weight is 279 g/mol. The topological polar surface area (TPSA) is 68.8 Å². The molecule has 21 heavy (non-hydrogen) atoms. The molecule has 0 aliphatic rings. The Hall–Kier alpha value is -2.82. The molecular weight excluding hydrogens is 262 g/mol. The highest BCUT2D eigenvalue weighted by atomic mass is 15.4. The predicted molar refractivity (Wildman–Crippen MR) is 84.3 cm³/mol. The van der Waals surface area contributed by atoms with Crippen LogP contribution in [0.1, 0.15) is 5.56 Å². The fraction of sp³-hybridized carbons (Fsp3) is 0.125. The van der Waals surface area contributed by atoms with Crippen LogP contribution in [0, 0.1) is 0 Å². The van der Waals surface area contributed by atoms with Crippen molar-refractivity contribution in [3.63, 3.8) is 0 Å². The number of rotatable bonds is 5. The van der Waals surface area contributed by atoms with E-state index in [2.05, 4.69) is 27.5 Å². The van der Waals surface area contributed by atoms with Crippen molar-refractivity contribution in [3.8, 4) is 0 Å². The smallest absolute Gasteiger partial charge is 0.241 e. The number of nitrogens with one attached hydrogen (secondary N) is 1. The van der Waals surface area contributed by atoms with Gasteiger partial charge in [-0.15, -0.1) is 5.10 Å². The number of para-hydroxylation sites is 1. The Kier molecular flexibility index (Phi) is 3.82. The molecule has 0 aliphatic carbocycles. The van der Waals surface area contributed by atoms with Crippen LogP contribution in [-0.2, 0) is 13.0 Å². The summed E-state index contributed by atoms with van der Waals surface area (Å²) in [7, 11) is 0. The summed E-state index contributed by atoms with van der Waals surface area (Å²) in [6.07, 6.45) is 0.882. The number of nitrogens with zero attached hydrogens (tertiary/aromatic N) is 3. The summed E-state index contributed by atoms with van der Waals surface area (Å²) >= 11 is 0. The summed E-state index contributed by atoms with van der Waals surface area (Å²) in [5, 5.41) is 7.48. The van der Waals surface area contributed by atoms with Crippen molar-refractivity contribution in [3.05, 3.63) is 66.2 Å². The third-order valence-corrected chi connectivity index (χ3v) is 3.17. The van der Waals surface area contributed by atoms with Gasteiger partial charge in [0, 0.05) is 12.2 Å². The molecule has 3 rings (SSSR count). The Balaban J connectivity index is 1.73. The molecule has 0 amide bonds. The van der Waals surface area contributed by atoms with Gasteiger partial charge in [0.15, 0.2) is 0 Å². The standard InChI is InChI=1S/C16H17N5/c17-15-19-16(18-14-9-5-2-6-10-14)21(20-15)12-11-13-7-3-1-4-8-13/h1-10H,11-12H2,(H3,17,18,19,20). The Labute approximate surface area is 123 Å². The summed E-state index contributed by atoms with van der Waals surface area (Å²) in [6, 6.07) is 20.2. The molecule has 3 aromatic rings. The van der Waals surface area contributed by atoms with E-state index in [1.54, 1.807) is 4.68 Å². The van der Waals surface area contributed by atoms with Gasteiger partial charge < -0.3 is 11.1 Å². The first kappa shape index (κ1) is 13.2. The fourth-order valence-electron chi connectivity index (χ4n) is 2.14. The van der Waals surface area contributed by atoms with E-state index in [0.29, 0.717) is 5.95 Å². The normalized spacial score (nSPS) is 10.5. The zero-order valence-corrected chi connectivity index (χ0v) is 11.6. The molecule has 2 aromatic carbocycles. The molecule has 3 N–H and O–H groups in total. The maximum absolute atomic E-state index is 5.72. The van der Waals surface area contributed by atoms with E-state index in [-0.39, 0.29) is 5.95 Å². The molecule has 0 bridgehead atoms. The Morgan fingerprint density at radius 1 is 0.952 bits per heavy atom. The number of nitrogens with two attached hydrogens (primary N) is 1. The lowest BCUT2D eigenvalue weighted by molar-refractivity contribution is 0.623. The molecule has 0 saturated heterocycles. The second kappa shape index (κ2) is 6.09. The first-order valence-electron chi connectivity index (χ1n) is 6.87. The fourth-order valence-corrected chi connectivity index (χ4v) is 2.14. The van der Waals surface area contributed by atoms with Crippen molar-refractivity contribution in [2.24, 2.45) is 0 Å². The van der Waals surface area contributed by atoms with E-state index in [4.69, 9.17) is 5.73 Å². The predicted octanol–water partition coefficient (Wildman–Crippen LogP) is 2.85. The quantitative estimate of drug-likeness (QED) is 0.753. The monoisotopic (exact) mass is 279 g/mol. The molecule has 0 unspecified atom stereocenters. The molecule has 0 aliphatic heterocycles. The van der Waals surface area contributed by atoms with Gasteiger partial charge in [0.1, 0.15) is 0 Å². The van der Waals surface area contributed by atoms with Crippen molar-refractivity contribution in [1.29, 1.82) is 0 Å². The van der Waals surface area contributed by atoms with E-state index < -0.39 is 0 Å². The Morgan fingerprint density at radius 3 is 2.33 bits per heavy atom. The van der Waals surface area contributed by atoms with Gasteiger partial charge in [-0.3, -0.25) is 0 Å². The zero-order chi connectivity index (χ0) is 14.5. The maximum Gasteiger partial charge on any atom is 0.241 e. The molecule has 0 saturated carbocycles. The van der Waals surface area contributed by atoms with E-state index in [0.717, 1.165) is 18.7 Å². The number of aromatic nitrogens is 3. The highest BCUT2D eigenvalue weighted by molar-refractivity contribution is 5.53. The molecule has 5 nitrogen and oxygen atoms in total. The number of nitrogen functional groups attached to an aromatic ring is 1. The summed E-state index contributed by atoms with van der Waals surface area (Å²) in [5.74, 6) is 0.941. The zero-order valence-electron chi connectivity index (χ0n) is 11.6. The molecule has 0 spiro atoms. The van der Waals surface area contributed by atoms with Crippen LogP contribution in [0.2, 0.25) is 0 Å². The van der Waals surface area contributed by atoms with E-state index in [9.17, 15) is 0 Å². The first-order chi connectivity index (χ1) is 10.3. The van der Waals surface area contributed by atoms with Gasteiger partial charge in [-0.05, 0) is 24.1 Å². The minimum absolute atomic E-state index is 0.279. The van der Waals surface area contributed by atoms with Gasteiger partial charge in [-0.25, -0.2) is 4.68 Å². The number of anilines is 3. The lowest BCUT2D eigenvalue weighted by Crippen LogP contribution is -2.07. The maximum atomic E-state index is 5.72. The van der Waals surface area contributed by atoms with Crippen molar-refractivity contribution in [2.75, 3.05) is 11.1 Å². The third kappa shape index (κ3) is 3.39. The van der Waals surface area contributed by atoms with Crippen LogP contribution in [0.15, 0.2) is 60.7 Å². The molecule has 0 radical (unpaired) electrons. The second-order valence-corrected chi connectivity index (χ2v) is 4.74. The van der Waals surface area contributed by atoms with Crippen molar-refractivity contribution >= 4 is 17.6 Å². The Morgan fingerprint density at radius 2 is 1.62 bits per heavy atom. The number of hydrogen-bond acceptors (Lipinski definition) is 4. The minimum Gasteiger partial charge on any atom is -0.366 e. The van der Waals surface area contributed by atoms with Crippen molar-refractivity contribution < 1.29 is 0 Å². The summed E-state index contributed by atoms with van der Waals surface area (Å²) < 4.78 is 1.80. The van der Waals surface area contributed by atoms with Crippen LogP contribution in [0.4, 0.5) is 17.6 Å². The van der Waals surface area contributed by atoms with Crippen LogP contribution in [0.5, 0.6) is 0 Å².